The Morgan fingerprint density at radius 3 is 2.33 bits per heavy atom. The van der Waals surface area contributed by atoms with Crippen LogP contribution >= 0.6 is 0 Å². The molecule has 2 atom stereocenters. The lowest BCUT2D eigenvalue weighted by Crippen LogP contribution is -2.39. The molecule has 1 aromatic rings. The predicted octanol–water partition coefficient (Wildman–Crippen LogP) is 2.23. The predicted molar refractivity (Wildman–Crippen MR) is 61.7 cm³/mol. The summed E-state index contributed by atoms with van der Waals surface area (Å²) in [4.78, 5) is 11.4. The zero-order valence-corrected chi connectivity index (χ0v) is 10.1. The van der Waals surface area contributed by atoms with Crippen molar-refractivity contribution in [2.24, 2.45) is 5.73 Å². The number of hydrogen-bond acceptors (Lipinski definition) is 2. The van der Waals surface area contributed by atoms with Crippen molar-refractivity contribution in [3.63, 3.8) is 0 Å². The number of nitrogens with one attached hydrogen (secondary N) is 1. The van der Waals surface area contributed by atoms with Crippen molar-refractivity contribution in [1.82, 2.24) is 5.32 Å². The number of halogens is 3. The third-order valence-electron chi connectivity index (χ3n) is 2.51. The SMILES string of the molecule is CC(NC(=O)[C@@H](C)N)c1ccccc1C(F)(F)F. The highest BCUT2D eigenvalue weighted by Crippen LogP contribution is 2.34. The number of benzene rings is 1. The molecule has 0 spiro atoms. The first-order chi connectivity index (χ1) is 8.23. The van der Waals surface area contributed by atoms with Crippen molar-refractivity contribution in [1.29, 1.82) is 0 Å². The molecule has 0 fully saturated rings. The Balaban J connectivity index is 2.99. The van der Waals surface area contributed by atoms with Crippen LogP contribution in [-0.4, -0.2) is 11.9 Å². The standard InChI is InChI=1S/C12H15F3N2O/c1-7(16)11(18)17-8(2)9-5-3-4-6-10(9)12(13,14)15/h3-8H,16H2,1-2H3,(H,17,18)/t7-,8?/m1/s1. The lowest BCUT2D eigenvalue weighted by atomic mass is 10.0. The Morgan fingerprint density at radius 1 is 1.28 bits per heavy atom. The molecule has 0 saturated carbocycles. The zero-order valence-electron chi connectivity index (χ0n) is 10.1. The van der Waals surface area contributed by atoms with Crippen LogP contribution in [0.1, 0.15) is 31.0 Å². The lowest BCUT2D eigenvalue weighted by molar-refractivity contribution is -0.138. The number of rotatable bonds is 3. The summed E-state index contributed by atoms with van der Waals surface area (Å²) in [6, 6.07) is 3.64. The minimum atomic E-state index is -4.44. The molecule has 18 heavy (non-hydrogen) atoms. The summed E-state index contributed by atoms with van der Waals surface area (Å²) in [7, 11) is 0. The van der Waals surface area contributed by atoms with Gasteiger partial charge in [0.15, 0.2) is 0 Å². The van der Waals surface area contributed by atoms with E-state index in [4.69, 9.17) is 5.73 Å². The number of carbonyl (C=O) groups is 1. The average molecular weight is 260 g/mol. The molecule has 0 aliphatic carbocycles. The molecular formula is C12H15F3N2O. The van der Waals surface area contributed by atoms with Gasteiger partial charge in [-0.25, -0.2) is 0 Å². The monoisotopic (exact) mass is 260 g/mol. The first-order valence-electron chi connectivity index (χ1n) is 5.45. The van der Waals surface area contributed by atoms with Crippen LogP contribution in [0.4, 0.5) is 13.2 Å². The van der Waals surface area contributed by atoms with E-state index in [1.165, 1.54) is 32.0 Å². The second-order valence-corrected chi connectivity index (χ2v) is 4.10. The van der Waals surface area contributed by atoms with Crippen LogP contribution in [0.25, 0.3) is 0 Å². The summed E-state index contributed by atoms with van der Waals surface area (Å²) in [5, 5.41) is 2.44. The maximum Gasteiger partial charge on any atom is 0.416 e. The molecule has 0 saturated heterocycles. The van der Waals surface area contributed by atoms with Gasteiger partial charge in [0.2, 0.25) is 5.91 Å². The van der Waals surface area contributed by atoms with Crippen molar-refractivity contribution >= 4 is 5.91 Å². The van der Waals surface area contributed by atoms with E-state index < -0.39 is 29.7 Å². The highest BCUT2D eigenvalue weighted by molar-refractivity contribution is 5.81. The topological polar surface area (TPSA) is 55.1 Å². The molecule has 6 heteroatoms. The third kappa shape index (κ3) is 3.46. The van der Waals surface area contributed by atoms with Crippen molar-refractivity contribution in [2.45, 2.75) is 32.1 Å². The molecule has 1 unspecified atom stereocenters. The summed E-state index contributed by atoms with van der Waals surface area (Å²) in [5.41, 5.74) is 4.63. The molecule has 3 nitrogen and oxygen atoms in total. The fourth-order valence-corrected chi connectivity index (χ4v) is 1.56. The van der Waals surface area contributed by atoms with E-state index in [9.17, 15) is 18.0 Å². The summed E-state index contributed by atoms with van der Waals surface area (Å²) in [5.74, 6) is -0.487. The van der Waals surface area contributed by atoms with Crippen LogP contribution in [0.15, 0.2) is 24.3 Å². The fraction of sp³-hybridized carbons (Fsp3) is 0.417. The normalized spacial score (nSPS) is 15.0. The van der Waals surface area contributed by atoms with Gasteiger partial charge in [0, 0.05) is 0 Å². The Hall–Kier alpha value is -1.56. The molecule has 0 aromatic heterocycles. The molecule has 0 heterocycles. The van der Waals surface area contributed by atoms with Gasteiger partial charge in [0.05, 0.1) is 17.6 Å². The van der Waals surface area contributed by atoms with E-state index in [1.807, 2.05) is 0 Å². The molecule has 0 bridgehead atoms. The number of nitrogens with two attached hydrogens (primary N) is 1. The number of carbonyl (C=O) groups excluding carboxylic acids is 1. The average Bonchev–Trinajstić information content (AvgIpc) is 2.27. The third-order valence-corrected chi connectivity index (χ3v) is 2.51. The van der Waals surface area contributed by atoms with E-state index in [0.717, 1.165) is 6.07 Å². The van der Waals surface area contributed by atoms with Crippen LogP contribution in [0.2, 0.25) is 0 Å². The Bertz CT molecular complexity index is 430. The quantitative estimate of drug-likeness (QED) is 0.875. The maximum absolute atomic E-state index is 12.8. The number of alkyl halides is 3. The molecule has 1 rings (SSSR count). The van der Waals surface area contributed by atoms with Gasteiger partial charge in [-0.1, -0.05) is 18.2 Å². The van der Waals surface area contributed by atoms with Gasteiger partial charge in [-0.15, -0.1) is 0 Å². The van der Waals surface area contributed by atoms with Crippen LogP contribution < -0.4 is 11.1 Å². The van der Waals surface area contributed by atoms with Gasteiger partial charge in [0.1, 0.15) is 0 Å². The second-order valence-electron chi connectivity index (χ2n) is 4.10. The smallest absolute Gasteiger partial charge is 0.348 e. The van der Waals surface area contributed by atoms with Gasteiger partial charge >= 0.3 is 6.18 Å². The van der Waals surface area contributed by atoms with Crippen molar-refractivity contribution < 1.29 is 18.0 Å². The molecule has 0 radical (unpaired) electrons. The Labute approximate surface area is 103 Å². The van der Waals surface area contributed by atoms with E-state index in [0.29, 0.717) is 0 Å². The summed E-state index contributed by atoms with van der Waals surface area (Å²) in [6.07, 6.45) is -4.44. The van der Waals surface area contributed by atoms with Crippen molar-refractivity contribution in [2.75, 3.05) is 0 Å². The molecule has 1 aromatic carbocycles. The second kappa shape index (κ2) is 5.39. The van der Waals surface area contributed by atoms with Gasteiger partial charge in [-0.3, -0.25) is 4.79 Å². The summed E-state index contributed by atoms with van der Waals surface area (Å²) < 4.78 is 38.3. The Morgan fingerprint density at radius 2 is 1.83 bits per heavy atom. The molecule has 1 amide bonds. The maximum atomic E-state index is 12.8. The first-order valence-corrected chi connectivity index (χ1v) is 5.45. The Kier molecular flexibility index (Phi) is 4.34. The molecule has 0 aliphatic rings. The van der Waals surface area contributed by atoms with Crippen LogP contribution in [0.3, 0.4) is 0 Å². The minimum Gasteiger partial charge on any atom is -0.348 e. The zero-order chi connectivity index (χ0) is 13.9. The molecule has 0 aliphatic heterocycles. The van der Waals surface area contributed by atoms with Crippen molar-refractivity contribution in [3.8, 4) is 0 Å². The number of amides is 1. The fourth-order valence-electron chi connectivity index (χ4n) is 1.56. The molecule has 100 valence electrons. The lowest BCUT2D eigenvalue weighted by Gasteiger charge is -2.20. The first kappa shape index (κ1) is 14.5. The molecular weight excluding hydrogens is 245 g/mol. The van der Waals surface area contributed by atoms with Crippen LogP contribution in [-0.2, 0) is 11.0 Å². The van der Waals surface area contributed by atoms with Gasteiger partial charge in [-0.05, 0) is 25.5 Å². The van der Waals surface area contributed by atoms with Gasteiger partial charge < -0.3 is 11.1 Å². The van der Waals surface area contributed by atoms with E-state index in [1.54, 1.807) is 0 Å². The van der Waals surface area contributed by atoms with E-state index in [-0.39, 0.29) is 5.56 Å². The van der Waals surface area contributed by atoms with E-state index in [2.05, 4.69) is 5.32 Å². The van der Waals surface area contributed by atoms with Crippen molar-refractivity contribution in [3.05, 3.63) is 35.4 Å². The van der Waals surface area contributed by atoms with Gasteiger partial charge in [0.25, 0.3) is 0 Å². The molecule has 3 N–H and O–H groups in total. The number of hydrogen-bond donors (Lipinski definition) is 2. The highest BCUT2D eigenvalue weighted by atomic mass is 19.4. The minimum absolute atomic E-state index is 0.0269. The highest BCUT2D eigenvalue weighted by Gasteiger charge is 2.34. The summed E-state index contributed by atoms with van der Waals surface area (Å²) >= 11 is 0. The van der Waals surface area contributed by atoms with E-state index >= 15 is 0 Å². The van der Waals surface area contributed by atoms with Crippen LogP contribution in [0, 0.1) is 0 Å². The van der Waals surface area contributed by atoms with Crippen LogP contribution in [0.5, 0.6) is 0 Å². The summed E-state index contributed by atoms with van der Waals surface area (Å²) in [6.45, 7) is 2.96. The largest absolute Gasteiger partial charge is 0.416 e. The van der Waals surface area contributed by atoms with Gasteiger partial charge in [-0.2, -0.15) is 13.2 Å².